The zero-order valence-electron chi connectivity index (χ0n) is 27.3. The maximum atomic E-state index is 13.9. The second kappa shape index (κ2) is 13.5. The van der Waals surface area contributed by atoms with Crippen molar-refractivity contribution in [3.05, 3.63) is 96.6 Å². The summed E-state index contributed by atoms with van der Waals surface area (Å²) in [6, 6.07) is 28.5. The third-order valence-corrected chi connectivity index (χ3v) is 15.2. The van der Waals surface area contributed by atoms with E-state index in [2.05, 4.69) is 75.4 Å². The summed E-state index contributed by atoms with van der Waals surface area (Å²) in [7, 11) is -1.16. The molecular weight excluding hydrogens is 596 g/mol. The maximum absolute atomic E-state index is 13.9. The first-order valence-electron chi connectivity index (χ1n) is 16.4. The van der Waals surface area contributed by atoms with Crippen LogP contribution in [0.5, 0.6) is 11.5 Å². The van der Waals surface area contributed by atoms with E-state index < -0.39 is 26.1 Å². The highest BCUT2D eigenvalue weighted by Crippen LogP contribution is 2.57. The number of aliphatic hydroxyl groups excluding tert-OH is 1. The minimum atomic E-state index is -2.79. The van der Waals surface area contributed by atoms with Crippen molar-refractivity contribution in [2.24, 2.45) is 17.3 Å². The molecule has 0 aromatic heterocycles. The fourth-order valence-electron chi connectivity index (χ4n) is 7.95. The molecule has 8 heteroatoms. The molecule has 3 aromatic rings. The van der Waals surface area contributed by atoms with Crippen LogP contribution in [0.25, 0.3) is 0 Å². The molecule has 1 N–H and O–H groups in total. The molecule has 3 aliphatic rings. The molecule has 4 bridgehead atoms. The Morgan fingerprint density at radius 1 is 0.935 bits per heavy atom. The first kappa shape index (κ1) is 32.7. The molecule has 0 radical (unpaired) electrons. The second-order valence-corrected chi connectivity index (χ2v) is 18.1. The number of Topliss-reactive ketones (excluding diaryl/α,β-unsaturated/α-hetero) is 1. The highest BCUT2D eigenvalue weighted by atomic mass is 28.4. The van der Waals surface area contributed by atoms with Crippen LogP contribution in [0.15, 0.2) is 96.6 Å². The number of ether oxygens (including phenoxy) is 4. The van der Waals surface area contributed by atoms with Gasteiger partial charge in [-0.1, -0.05) is 87.5 Å². The Balaban J connectivity index is 1.24. The Labute approximate surface area is 273 Å². The molecule has 0 amide bonds. The number of hydrogen-bond donors (Lipinski definition) is 1. The van der Waals surface area contributed by atoms with Crippen molar-refractivity contribution in [1.82, 2.24) is 0 Å². The van der Waals surface area contributed by atoms with Crippen LogP contribution in [0.1, 0.15) is 46.5 Å². The number of aliphatic hydroxyl groups is 1. The van der Waals surface area contributed by atoms with Crippen molar-refractivity contribution in [3.8, 4) is 11.5 Å². The Morgan fingerprint density at radius 3 is 2.17 bits per heavy atom. The zero-order valence-corrected chi connectivity index (χ0v) is 28.3. The number of allylic oxidation sites excluding steroid dienone is 1. The van der Waals surface area contributed by atoms with Crippen LogP contribution in [0.2, 0.25) is 5.04 Å². The molecule has 1 saturated carbocycles. The highest BCUT2D eigenvalue weighted by Gasteiger charge is 2.60. The Hall–Kier alpha value is -3.27. The average Bonchev–Trinajstić information content (AvgIpc) is 3.33. The molecule has 1 heterocycles. The van der Waals surface area contributed by atoms with Crippen LogP contribution < -0.4 is 19.8 Å². The van der Waals surface area contributed by atoms with Gasteiger partial charge in [-0.2, -0.15) is 0 Å². The van der Waals surface area contributed by atoms with Crippen LogP contribution in [-0.2, 0) is 18.7 Å². The highest BCUT2D eigenvalue weighted by molar-refractivity contribution is 6.99. The van der Waals surface area contributed by atoms with Crippen molar-refractivity contribution in [2.75, 3.05) is 27.1 Å². The van der Waals surface area contributed by atoms with Crippen molar-refractivity contribution in [3.63, 3.8) is 0 Å². The molecule has 0 unspecified atom stereocenters. The standard InChI is InChI=1S/C38H46O7Si/c1-37(2,3)46(30-12-7-5-8-13-30,31-14-9-6-10-15-31)44-23-22-38-24-27(25-42-26-43-29-20-18-28(41-4)19-21-29)34(39)32-16-11-17-33(38)35(32)45-36(38)40/h5-10,12-15,17-21,27,32,35-36,40H,11,16,22-26H2,1-4H3/t27-,32+,35-,36+,38-/m0/s1. The Kier molecular flexibility index (Phi) is 9.55. The number of benzene rings is 3. The van der Waals surface area contributed by atoms with Crippen molar-refractivity contribution in [1.29, 1.82) is 0 Å². The summed E-state index contributed by atoms with van der Waals surface area (Å²) < 4.78 is 30.5. The molecule has 5 atom stereocenters. The number of methoxy groups -OCH3 is 1. The maximum Gasteiger partial charge on any atom is 0.261 e. The van der Waals surface area contributed by atoms with Crippen molar-refractivity contribution in [2.45, 2.75) is 63.9 Å². The monoisotopic (exact) mass is 642 g/mol. The number of hydrogen-bond acceptors (Lipinski definition) is 7. The van der Waals surface area contributed by atoms with Gasteiger partial charge in [-0.05, 0) is 70.9 Å². The summed E-state index contributed by atoms with van der Waals surface area (Å²) in [5.41, 5.74) is 0.332. The first-order valence-corrected chi connectivity index (χ1v) is 18.3. The third kappa shape index (κ3) is 5.97. The van der Waals surface area contributed by atoms with Crippen molar-refractivity contribution >= 4 is 24.5 Å². The molecule has 3 aromatic carbocycles. The normalized spacial score (nSPS) is 25.9. The van der Waals surface area contributed by atoms with Crippen LogP contribution in [0.4, 0.5) is 0 Å². The summed E-state index contributed by atoms with van der Waals surface area (Å²) >= 11 is 0. The summed E-state index contributed by atoms with van der Waals surface area (Å²) in [6.07, 6.45) is 3.29. The summed E-state index contributed by atoms with van der Waals surface area (Å²) in [5, 5.41) is 13.9. The predicted octanol–water partition coefficient (Wildman–Crippen LogP) is 5.64. The largest absolute Gasteiger partial charge is 0.497 e. The number of rotatable bonds is 12. The van der Waals surface area contributed by atoms with Gasteiger partial charge in [-0.25, -0.2) is 0 Å². The van der Waals surface area contributed by atoms with Crippen LogP contribution in [0, 0.1) is 17.3 Å². The van der Waals surface area contributed by atoms with Gasteiger partial charge in [0.1, 0.15) is 17.3 Å². The van der Waals surface area contributed by atoms with Gasteiger partial charge < -0.3 is 28.5 Å². The van der Waals surface area contributed by atoms with E-state index in [-0.39, 0.29) is 36.1 Å². The number of ketones is 1. The number of carbonyl (C=O) groups excluding carboxylic acids is 1. The summed E-state index contributed by atoms with van der Waals surface area (Å²) in [4.78, 5) is 13.9. The fraction of sp³-hybridized carbons (Fsp3) is 0.447. The van der Waals surface area contributed by atoms with Crippen molar-refractivity contribution < 1.29 is 33.3 Å². The lowest BCUT2D eigenvalue weighted by Gasteiger charge is -2.44. The van der Waals surface area contributed by atoms with Gasteiger partial charge in [0, 0.05) is 23.9 Å². The van der Waals surface area contributed by atoms with E-state index in [0.717, 1.165) is 17.7 Å². The molecular formula is C38H46O7Si. The molecule has 0 spiro atoms. The van der Waals surface area contributed by atoms with E-state index in [1.165, 1.54) is 10.4 Å². The van der Waals surface area contributed by atoms with E-state index in [9.17, 15) is 9.90 Å². The Morgan fingerprint density at radius 2 is 1.57 bits per heavy atom. The zero-order chi connectivity index (χ0) is 32.4. The SMILES string of the molecule is COc1ccc(OCOC[C@@H]2C[C@@]3(CCO[Si](c4ccccc4)(c4ccccc4)C(C)(C)C)C4=CCC[C@H](C2=O)[C@@H]4O[C@H]3O)cc1. The van der Waals surface area contributed by atoms with Gasteiger partial charge in [0.15, 0.2) is 13.1 Å². The van der Waals surface area contributed by atoms with Gasteiger partial charge in [0.2, 0.25) is 0 Å². The van der Waals surface area contributed by atoms with Crippen LogP contribution in [-0.4, -0.2) is 58.7 Å². The van der Waals surface area contributed by atoms with E-state index in [4.69, 9.17) is 23.4 Å². The lowest BCUT2D eigenvalue weighted by atomic mass is 9.71. The Bertz CT molecular complexity index is 1460. The smallest absolute Gasteiger partial charge is 0.261 e. The first-order chi connectivity index (χ1) is 22.2. The fourth-order valence-corrected chi connectivity index (χ4v) is 12.5. The molecule has 6 rings (SSSR count). The average molecular weight is 643 g/mol. The molecule has 2 fully saturated rings. The van der Waals surface area contributed by atoms with Gasteiger partial charge >= 0.3 is 0 Å². The molecule has 1 aliphatic heterocycles. The van der Waals surface area contributed by atoms with Crippen LogP contribution >= 0.6 is 0 Å². The predicted molar refractivity (Wildman–Crippen MR) is 180 cm³/mol. The quantitative estimate of drug-likeness (QED) is 0.118. The van der Waals surface area contributed by atoms with Gasteiger partial charge in [-0.15, -0.1) is 0 Å². The third-order valence-electron chi connectivity index (χ3n) is 10.2. The second-order valence-electron chi connectivity index (χ2n) is 13.8. The van der Waals surface area contributed by atoms with E-state index in [0.29, 0.717) is 31.6 Å². The van der Waals surface area contributed by atoms with E-state index in [1.807, 2.05) is 36.4 Å². The minimum absolute atomic E-state index is 0.0237. The molecule has 2 aliphatic carbocycles. The van der Waals surface area contributed by atoms with Gasteiger partial charge in [0.05, 0.1) is 19.8 Å². The van der Waals surface area contributed by atoms with Crippen LogP contribution in [0.3, 0.4) is 0 Å². The summed E-state index contributed by atoms with van der Waals surface area (Å²) in [5.74, 6) is 0.892. The van der Waals surface area contributed by atoms with Gasteiger partial charge in [0.25, 0.3) is 8.32 Å². The summed E-state index contributed by atoms with van der Waals surface area (Å²) in [6.45, 7) is 7.46. The lowest BCUT2D eigenvalue weighted by Crippen LogP contribution is -2.66. The molecule has 244 valence electrons. The number of carbonyl (C=O) groups is 1. The van der Waals surface area contributed by atoms with E-state index >= 15 is 0 Å². The molecule has 7 nitrogen and oxygen atoms in total. The molecule has 1 saturated heterocycles. The topological polar surface area (TPSA) is 83.5 Å². The van der Waals surface area contributed by atoms with Gasteiger partial charge in [-0.3, -0.25) is 4.79 Å². The molecule has 46 heavy (non-hydrogen) atoms. The minimum Gasteiger partial charge on any atom is -0.497 e. The van der Waals surface area contributed by atoms with E-state index in [1.54, 1.807) is 7.11 Å². The lowest BCUT2D eigenvalue weighted by molar-refractivity contribution is -0.171.